The first-order valence-electron chi connectivity index (χ1n) is 10.4. The van der Waals surface area contributed by atoms with Crippen LogP contribution in [0.3, 0.4) is 0 Å². The van der Waals surface area contributed by atoms with E-state index in [9.17, 15) is 14.7 Å². The van der Waals surface area contributed by atoms with Crippen molar-refractivity contribution in [1.82, 2.24) is 0 Å². The van der Waals surface area contributed by atoms with Crippen molar-refractivity contribution in [1.29, 1.82) is 0 Å². The zero-order chi connectivity index (χ0) is 21.1. The quantitative estimate of drug-likeness (QED) is 0.541. The first-order chi connectivity index (χ1) is 14.6. The molecule has 1 N–H and O–H groups in total. The molecule has 2 aliphatic carbocycles. The molecule has 0 radical (unpaired) electrons. The number of ketones is 1. The highest BCUT2D eigenvalue weighted by atomic mass is 16.6. The van der Waals surface area contributed by atoms with E-state index < -0.39 is 0 Å². The molecule has 0 heterocycles. The number of Topliss-reactive ketones (excluding diaryl/α,β-unsaturated/α-hetero) is 1. The molecule has 0 aliphatic heterocycles. The number of hydrogen-bond acceptors (Lipinski definition) is 6. The number of methoxy groups -OCH3 is 1. The van der Waals surface area contributed by atoms with Gasteiger partial charge in [-0.25, -0.2) is 0 Å². The number of hydrogen-bond donors (Lipinski definition) is 1. The number of ether oxygens (including phenoxy) is 3. The number of carbonyl (C=O) groups is 2. The number of aromatic hydroxyl groups is 1. The van der Waals surface area contributed by atoms with Gasteiger partial charge in [-0.1, -0.05) is 31.0 Å². The minimum Gasteiger partial charge on any atom is -0.504 e. The highest BCUT2D eigenvalue weighted by Crippen LogP contribution is 2.44. The number of benzene rings is 2. The van der Waals surface area contributed by atoms with E-state index in [1.54, 1.807) is 12.1 Å². The molecular formula is C24H26O6. The standard InChI is InChI=1S/C24H26O6/c1-28-23-21(26)11-9-19(17-6-8-18-16(14-17)7-10-20(18)25)22(23)29-12-13-30-24(27)15-4-2-3-5-15/h6,8-9,11,14-15,26H,2-5,7,10,12-13H2,1H3. The second-order valence-corrected chi connectivity index (χ2v) is 7.79. The van der Waals surface area contributed by atoms with E-state index in [1.165, 1.54) is 7.11 Å². The van der Waals surface area contributed by atoms with Crippen molar-refractivity contribution in [2.24, 2.45) is 5.92 Å². The maximum atomic E-state index is 12.1. The van der Waals surface area contributed by atoms with Gasteiger partial charge in [0.2, 0.25) is 5.75 Å². The number of carbonyl (C=O) groups excluding carboxylic acids is 2. The Morgan fingerprint density at radius 3 is 2.57 bits per heavy atom. The van der Waals surface area contributed by atoms with Gasteiger partial charge in [-0.05, 0) is 42.5 Å². The summed E-state index contributed by atoms with van der Waals surface area (Å²) in [6.07, 6.45) is 5.20. The van der Waals surface area contributed by atoms with Crippen LogP contribution in [0.1, 0.15) is 48.0 Å². The second-order valence-electron chi connectivity index (χ2n) is 7.79. The Morgan fingerprint density at radius 1 is 1.03 bits per heavy atom. The SMILES string of the molecule is COc1c(O)ccc(-c2ccc3c(c2)CCC3=O)c1OCCOC(=O)C1CCCC1. The monoisotopic (exact) mass is 410 g/mol. The molecule has 0 amide bonds. The third-order valence-corrected chi connectivity index (χ3v) is 5.90. The minimum absolute atomic E-state index is 0.00462. The highest BCUT2D eigenvalue weighted by Gasteiger charge is 2.25. The van der Waals surface area contributed by atoms with E-state index in [1.807, 2.05) is 18.2 Å². The molecule has 2 aromatic carbocycles. The van der Waals surface area contributed by atoms with Gasteiger partial charge in [0.1, 0.15) is 13.2 Å². The first-order valence-corrected chi connectivity index (χ1v) is 10.4. The fraction of sp³-hybridized carbons (Fsp3) is 0.417. The van der Waals surface area contributed by atoms with E-state index in [-0.39, 0.29) is 42.4 Å². The third-order valence-electron chi connectivity index (χ3n) is 5.90. The summed E-state index contributed by atoms with van der Waals surface area (Å²) < 4.78 is 16.7. The van der Waals surface area contributed by atoms with Crippen LogP contribution in [0.15, 0.2) is 30.3 Å². The predicted molar refractivity (Wildman–Crippen MR) is 111 cm³/mol. The Kier molecular flexibility index (Phi) is 5.93. The Hall–Kier alpha value is -3.02. The summed E-state index contributed by atoms with van der Waals surface area (Å²) in [7, 11) is 1.47. The largest absolute Gasteiger partial charge is 0.504 e. The fourth-order valence-corrected chi connectivity index (χ4v) is 4.31. The molecule has 30 heavy (non-hydrogen) atoms. The number of phenols is 1. The maximum absolute atomic E-state index is 12.1. The molecular weight excluding hydrogens is 384 g/mol. The van der Waals surface area contributed by atoms with Crippen LogP contribution in [-0.4, -0.2) is 37.2 Å². The van der Waals surface area contributed by atoms with E-state index in [2.05, 4.69) is 0 Å². The van der Waals surface area contributed by atoms with E-state index in [0.29, 0.717) is 12.2 Å². The van der Waals surface area contributed by atoms with Gasteiger partial charge in [0, 0.05) is 17.5 Å². The lowest BCUT2D eigenvalue weighted by molar-refractivity contribution is -0.149. The molecule has 0 atom stereocenters. The molecule has 4 rings (SSSR count). The molecule has 6 nitrogen and oxygen atoms in total. The van der Waals surface area contributed by atoms with Gasteiger partial charge in [-0.3, -0.25) is 9.59 Å². The Balaban J connectivity index is 1.52. The number of aryl methyl sites for hydroxylation is 1. The second kappa shape index (κ2) is 8.78. The summed E-state index contributed by atoms with van der Waals surface area (Å²) in [6.45, 7) is 0.279. The number of esters is 1. The molecule has 2 aromatic rings. The molecule has 6 heteroatoms. The van der Waals surface area contributed by atoms with Crippen LogP contribution in [0, 0.1) is 5.92 Å². The maximum Gasteiger partial charge on any atom is 0.309 e. The Morgan fingerprint density at radius 2 is 1.80 bits per heavy atom. The van der Waals surface area contributed by atoms with E-state index >= 15 is 0 Å². The van der Waals surface area contributed by atoms with Gasteiger partial charge < -0.3 is 19.3 Å². The van der Waals surface area contributed by atoms with Crippen molar-refractivity contribution in [2.45, 2.75) is 38.5 Å². The van der Waals surface area contributed by atoms with Gasteiger partial charge in [0.05, 0.1) is 13.0 Å². The van der Waals surface area contributed by atoms with Crippen molar-refractivity contribution in [3.05, 3.63) is 41.5 Å². The van der Waals surface area contributed by atoms with Crippen LogP contribution >= 0.6 is 0 Å². The lowest BCUT2D eigenvalue weighted by Gasteiger charge is -2.17. The van der Waals surface area contributed by atoms with Gasteiger partial charge in [-0.15, -0.1) is 0 Å². The van der Waals surface area contributed by atoms with Crippen LogP contribution in [0.25, 0.3) is 11.1 Å². The predicted octanol–water partition coefficient (Wildman–Crippen LogP) is 4.31. The lowest BCUT2D eigenvalue weighted by atomic mass is 9.99. The molecule has 1 fully saturated rings. The first kappa shape index (κ1) is 20.3. The van der Waals surface area contributed by atoms with Gasteiger partial charge in [-0.2, -0.15) is 0 Å². The number of phenolic OH excluding ortho intramolecular Hbond substituents is 1. The molecule has 0 unspecified atom stereocenters. The molecule has 0 aromatic heterocycles. The average molecular weight is 410 g/mol. The van der Waals surface area contributed by atoms with Crippen LogP contribution in [-0.2, 0) is 16.0 Å². The summed E-state index contributed by atoms with van der Waals surface area (Å²) in [4.78, 5) is 24.0. The average Bonchev–Trinajstić information content (AvgIpc) is 3.41. The number of fused-ring (bicyclic) bond motifs is 1. The van der Waals surface area contributed by atoms with Crippen LogP contribution in [0.5, 0.6) is 17.2 Å². The normalized spacial score (nSPS) is 15.8. The van der Waals surface area contributed by atoms with Gasteiger partial charge in [0.25, 0.3) is 0 Å². The Labute approximate surface area is 175 Å². The number of rotatable bonds is 7. The summed E-state index contributed by atoms with van der Waals surface area (Å²) in [6, 6.07) is 9.02. The van der Waals surface area contributed by atoms with Crippen molar-refractivity contribution >= 4 is 11.8 Å². The van der Waals surface area contributed by atoms with E-state index in [4.69, 9.17) is 14.2 Å². The van der Waals surface area contributed by atoms with Crippen molar-refractivity contribution in [2.75, 3.05) is 20.3 Å². The minimum atomic E-state index is -0.164. The summed E-state index contributed by atoms with van der Waals surface area (Å²) in [5.41, 5.74) is 3.40. The van der Waals surface area contributed by atoms with Crippen LogP contribution in [0.2, 0.25) is 0 Å². The smallest absolute Gasteiger partial charge is 0.309 e. The zero-order valence-electron chi connectivity index (χ0n) is 17.1. The van der Waals surface area contributed by atoms with E-state index in [0.717, 1.165) is 54.4 Å². The summed E-state index contributed by atoms with van der Waals surface area (Å²) in [5, 5.41) is 10.2. The van der Waals surface area contributed by atoms with Crippen molar-refractivity contribution in [3.63, 3.8) is 0 Å². The summed E-state index contributed by atoms with van der Waals surface area (Å²) >= 11 is 0. The third kappa shape index (κ3) is 3.99. The van der Waals surface area contributed by atoms with Gasteiger partial charge in [0.15, 0.2) is 17.3 Å². The molecule has 0 saturated heterocycles. The van der Waals surface area contributed by atoms with Crippen LogP contribution < -0.4 is 9.47 Å². The Bertz CT molecular complexity index is 958. The molecule has 0 spiro atoms. The van der Waals surface area contributed by atoms with Crippen molar-refractivity contribution < 1.29 is 28.9 Å². The molecule has 1 saturated carbocycles. The molecule has 158 valence electrons. The zero-order valence-corrected chi connectivity index (χ0v) is 17.1. The lowest BCUT2D eigenvalue weighted by Crippen LogP contribution is -2.18. The highest BCUT2D eigenvalue weighted by molar-refractivity contribution is 6.01. The van der Waals surface area contributed by atoms with Gasteiger partial charge >= 0.3 is 5.97 Å². The van der Waals surface area contributed by atoms with Crippen molar-refractivity contribution in [3.8, 4) is 28.4 Å². The topological polar surface area (TPSA) is 82.1 Å². The summed E-state index contributed by atoms with van der Waals surface area (Å²) in [5.74, 6) is 0.591. The molecule has 0 bridgehead atoms. The van der Waals surface area contributed by atoms with Crippen LogP contribution in [0.4, 0.5) is 0 Å². The fourth-order valence-electron chi connectivity index (χ4n) is 4.31. The molecule has 2 aliphatic rings.